The van der Waals surface area contributed by atoms with Crippen LogP contribution in [0.5, 0.6) is 0 Å². The second-order valence-electron chi connectivity index (χ2n) is 4.70. The normalized spacial score (nSPS) is 11.6. The number of nitro benzene ring substituents is 1. The Labute approximate surface area is 112 Å². The number of rotatable bonds is 4. The monoisotopic (exact) mass is 262 g/mol. The average molecular weight is 262 g/mol. The summed E-state index contributed by atoms with van der Waals surface area (Å²) in [6, 6.07) is 6.13. The number of nitrogens with zero attached hydrogens (tertiary/aromatic N) is 2. The molecule has 1 amide bonds. The van der Waals surface area contributed by atoms with Gasteiger partial charge in [-0.25, -0.2) is 0 Å². The lowest BCUT2D eigenvalue weighted by Gasteiger charge is -2.24. The Bertz CT molecular complexity index is 519. The molecule has 102 valence electrons. The van der Waals surface area contributed by atoms with Crippen LogP contribution < -0.4 is 0 Å². The Morgan fingerprint density at radius 1 is 1.42 bits per heavy atom. The highest BCUT2D eigenvalue weighted by Gasteiger charge is 2.17. The number of amides is 1. The van der Waals surface area contributed by atoms with Gasteiger partial charge in [-0.2, -0.15) is 0 Å². The van der Waals surface area contributed by atoms with Gasteiger partial charge in [0.1, 0.15) is 0 Å². The number of carbonyl (C=O) groups is 1. The van der Waals surface area contributed by atoms with Gasteiger partial charge in [0, 0.05) is 25.3 Å². The van der Waals surface area contributed by atoms with Crippen molar-refractivity contribution in [3.8, 4) is 0 Å². The smallest absolute Gasteiger partial charge is 0.269 e. The molecule has 0 aliphatic rings. The molecule has 0 spiro atoms. The summed E-state index contributed by atoms with van der Waals surface area (Å²) in [5, 5.41) is 10.7. The Morgan fingerprint density at radius 3 is 2.58 bits per heavy atom. The van der Waals surface area contributed by atoms with E-state index in [1.807, 2.05) is 20.8 Å². The van der Waals surface area contributed by atoms with Gasteiger partial charge in [-0.05, 0) is 26.3 Å². The Morgan fingerprint density at radius 2 is 2.05 bits per heavy atom. The molecule has 0 aliphatic carbocycles. The number of non-ortho nitro benzene ring substituents is 1. The summed E-state index contributed by atoms with van der Waals surface area (Å²) in [6.45, 7) is 5.54. The van der Waals surface area contributed by atoms with Crippen molar-refractivity contribution >= 4 is 11.6 Å². The van der Waals surface area contributed by atoms with E-state index in [2.05, 4.69) is 0 Å². The van der Waals surface area contributed by atoms with Crippen molar-refractivity contribution in [2.75, 3.05) is 7.05 Å². The molecule has 0 aliphatic heterocycles. The zero-order valence-corrected chi connectivity index (χ0v) is 11.6. The molecular formula is C14H18N2O3. The van der Waals surface area contributed by atoms with Gasteiger partial charge < -0.3 is 4.90 Å². The van der Waals surface area contributed by atoms with Crippen molar-refractivity contribution in [1.82, 2.24) is 4.90 Å². The van der Waals surface area contributed by atoms with Crippen LogP contribution in [0.15, 0.2) is 35.9 Å². The molecule has 1 unspecified atom stereocenters. The van der Waals surface area contributed by atoms with E-state index in [9.17, 15) is 14.9 Å². The number of likely N-dealkylation sites (N-methyl/N-ethyl adjacent to an activating group) is 1. The first-order valence-electron chi connectivity index (χ1n) is 5.99. The predicted molar refractivity (Wildman–Crippen MR) is 73.7 cm³/mol. The summed E-state index contributed by atoms with van der Waals surface area (Å²) >= 11 is 0. The second kappa shape index (κ2) is 6.13. The maximum atomic E-state index is 11.9. The predicted octanol–water partition coefficient (Wildman–Crippen LogP) is 3.08. The lowest BCUT2D eigenvalue weighted by atomic mass is 10.1. The topological polar surface area (TPSA) is 63.5 Å². The fourth-order valence-electron chi connectivity index (χ4n) is 1.66. The number of hydrogen-bond donors (Lipinski definition) is 0. The third kappa shape index (κ3) is 3.91. The van der Waals surface area contributed by atoms with E-state index in [-0.39, 0.29) is 17.6 Å². The Kier molecular flexibility index (Phi) is 4.80. The summed E-state index contributed by atoms with van der Waals surface area (Å²) in [6.07, 6.45) is 1.55. The minimum atomic E-state index is -0.436. The lowest BCUT2D eigenvalue weighted by molar-refractivity contribution is -0.384. The molecule has 0 heterocycles. The molecule has 1 atom stereocenters. The van der Waals surface area contributed by atoms with E-state index in [1.54, 1.807) is 30.2 Å². The zero-order chi connectivity index (χ0) is 14.6. The van der Waals surface area contributed by atoms with Gasteiger partial charge in [-0.15, -0.1) is 0 Å². The quantitative estimate of drug-likeness (QED) is 0.476. The molecule has 0 radical (unpaired) electrons. The molecular weight excluding hydrogens is 244 g/mol. The van der Waals surface area contributed by atoms with Gasteiger partial charge in [-0.1, -0.05) is 17.7 Å². The SMILES string of the molecule is CC(C)=CC(=O)N(C)C(C)c1cccc([N+](=O)[O-])c1. The van der Waals surface area contributed by atoms with Crippen LogP contribution in [-0.2, 0) is 4.79 Å². The zero-order valence-electron chi connectivity index (χ0n) is 11.6. The second-order valence-corrected chi connectivity index (χ2v) is 4.70. The van der Waals surface area contributed by atoms with Crippen molar-refractivity contribution in [3.63, 3.8) is 0 Å². The molecule has 0 bridgehead atoms. The third-order valence-electron chi connectivity index (χ3n) is 2.90. The maximum Gasteiger partial charge on any atom is 0.269 e. The van der Waals surface area contributed by atoms with Crippen LogP contribution in [0.2, 0.25) is 0 Å². The fraction of sp³-hybridized carbons (Fsp3) is 0.357. The standard InChI is InChI=1S/C14H18N2O3/c1-10(2)8-14(17)15(4)11(3)12-6-5-7-13(9-12)16(18)19/h5-9,11H,1-4H3. The first-order valence-corrected chi connectivity index (χ1v) is 5.99. The Hall–Kier alpha value is -2.17. The van der Waals surface area contributed by atoms with E-state index in [0.717, 1.165) is 11.1 Å². The fourth-order valence-corrected chi connectivity index (χ4v) is 1.66. The van der Waals surface area contributed by atoms with Crippen LogP contribution in [0, 0.1) is 10.1 Å². The van der Waals surface area contributed by atoms with Crippen LogP contribution in [0.3, 0.4) is 0 Å². The average Bonchev–Trinajstić information content (AvgIpc) is 2.36. The molecule has 0 saturated heterocycles. The molecule has 1 rings (SSSR count). The van der Waals surface area contributed by atoms with Crippen LogP contribution in [0.4, 0.5) is 5.69 Å². The highest BCUT2D eigenvalue weighted by molar-refractivity contribution is 5.88. The van der Waals surface area contributed by atoms with Crippen LogP contribution >= 0.6 is 0 Å². The molecule has 5 heteroatoms. The summed E-state index contributed by atoms with van der Waals surface area (Å²) < 4.78 is 0. The van der Waals surface area contributed by atoms with Gasteiger partial charge in [0.25, 0.3) is 5.69 Å². The number of carbonyl (C=O) groups excluding carboxylic acids is 1. The highest BCUT2D eigenvalue weighted by atomic mass is 16.6. The molecule has 1 aromatic rings. The molecule has 0 aromatic heterocycles. The minimum Gasteiger partial charge on any atom is -0.335 e. The van der Waals surface area contributed by atoms with Crippen molar-refractivity contribution in [2.24, 2.45) is 0 Å². The van der Waals surface area contributed by atoms with Gasteiger partial charge in [0.05, 0.1) is 11.0 Å². The van der Waals surface area contributed by atoms with Crippen molar-refractivity contribution in [2.45, 2.75) is 26.8 Å². The van der Waals surface area contributed by atoms with Crippen molar-refractivity contribution in [3.05, 3.63) is 51.6 Å². The largest absolute Gasteiger partial charge is 0.335 e. The summed E-state index contributed by atoms with van der Waals surface area (Å²) in [5.74, 6) is -0.112. The summed E-state index contributed by atoms with van der Waals surface area (Å²) in [7, 11) is 1.69. The van der Waals surface area contributed by atoms with E-state index in [1.165, 1.54) is 12.1 Å². The molecule has 0 fully saturated rings. The molecule has 1 aromatic carbocycles. The first kappa shape index (κ1) is 14.9. The van der Waals surface area contributed by atoms with Gasteiger partial charge in [0.2, 0.25) is 5.91 Å². The molecule has 5 nitrogen and oxygen atoms in total. The van der Waals surface area contributed by atoms with E-state index < -0.39 is 4.92 Å². The maximum absolute atomic E-state index is 11.9. The third-order valence-corrected chi connectivity index (χ3v) is 2.90. The minimum absolute atomic E-state index is 0.0346. The van der Waals surface area contributed by atoms with Crippen molar-refractivity contribution in [1.29, 1.82) is 0 Å². The van der Waals surface area contributed by atoms with E-state index >= 15 is 0 Å². The number of allylic oxidation sites excluding steroid dienone is 1. The molecule has 19 heavy (non-hydrogen) atoms. The highest BCUT2D eigenvalue weighted by Crippen LogP contribution is 2.23. The van der Waals surface area contributed by atoms with Crippen LogP contribution in [0.1, 0.15) is 32.4 Å². The number of hydrogen-bond acceptors (Lipinski definition) is 3. The summed E-state index contributed by atoms with van der Waals surface area (Å²) in [4.78, 5) is 23.8. The van der Waals surface area contributed by atoms with E-state index in [0.29, 0.717) is 0 Å². The van der Waals surface area contributed by atoms with Gasteiger partial charge >= 0.3 is 0 Å². The molecule has 0 saturated carbocycles. The van der Waals surface area contributed by atoms with Gasteiger partial charge in [0.15, 0.2) is 0 Å². The van der Waals surface area contributed by atoms with Crippen LogP contribution in [0.25, 0.3) is 0 Å². The van der Waals surface area contributed by atoms with Crippen molar-refractivity contribution < 1.29 is 9.72 Å². The Balaban J connectivity index is 2.96. The number of benzene rings is 1. The first-order chi connectivity index (χ1) is 8.82. The molecule has 0 N–H and O–H groups in total. The number of nitro groups is 1. The van der Waals surface area contributed by atoms with E-state index in [4.69, 9.17) is 0 Å². The van der Waals surface area contributed by atoms with Gasteiger partial charge in [-0.3, -0.25) is 14.9 Å². The van der Waals surface area contributed by atoms with Crippen LogP contribution in [-0.4, -0.2) is 22.8 Å². The lowest BCUT2D eigenvalue weighted by Crippen LogP contribution is -2.28. The summed E-state index contributed by atoms with van der Waals surface area (Å²) in [5.41, 5.74) is 1.70.